The number of carbonyl (C=O) groups excluding carboxylic acids is 3. The van der Waals surface area contributed by atoms with Crippen LogP contribution in [0.4, 0.5) is 29.3 Å². The summed E-state index contributed by atoms with van der Waals surface area (Å²) in [5, 5.41) is 12.5. The third-order valence-electron chi connectivity index (χ3n) is 10.3. The lowest BCUT2D eigenvalue weighted by molar-refractivity contribution is -0.143. The van der Waals surface area contributed by atoms with Gasteiger partial charge in [0.1, 0.15) is 5.75 Å². The molecule has 15 heteroatoms. The van der Waals surface area contributed by atoms with Crippen LogP contribution in [0.15, 0.2) is 30.3 Å². The number of nitrogens with two attached hydrogens (primary N) is 1. The lowest BCUT2D eigenvalue weighted by atomic mass is 9.91. The summed E-state index contributed by atoms with van der Waals surface area (Å²) in [5.41, 5.74) is 5.64. The Labute approximate surface area is 288 Å². The van der Waals surface area contributed by atoms with Crippen molar-refractivity contribution in [3.63, 3.8) is 0 Å². The molecule has 4 aliphatic heterocycles. The topological polar surface area (TPSA) is 132 Å². The molecule has 0 unspecified atom stereocenters. The standard InChI is InChI=1S/C34H42ClF3N6O5/c35-28-17-21(16-27(31(28)39)34(36,37)38)15-22(32(47)43-11-9-41(10-12-43)24-5-13-49-14-6-24)19-30(46)42-7-3-25(4-8-42)44-20-23-18-26(45)1-2-29(23)40-33(44)48/h1-2,16-18,22,24-25,45H,3-15,19-20,39H2,(H,40,48)/t22-/m0/s1. The number of urea groups is 1. The molecule has 4 heterocycles. The van der Waals surface area contributed by atoms with Crippen molar-refractivity contribution in [1.82, 2.24) is 19.6 Å². The zero-order valence-electron chi connectivity index (χ0n) is 27.2. The molecule has 4 amide bonds. The molecule has 49 heavy (non-hydrogen) atoms. The molecule has 4 N–H and O–H groups in total. The van der Waals surface area contributed by atoms with E-state index < -0.39 is 23.3 Å². The molecular formula is C34H42ClF3N6O5. The number of hydrogen-bond donors (Lipinski definition) is 3. The van der Waals surface area contributed by atoms with Gasteiger partial charge in [0.25, 0.3) is 0 Å². The molecular weight excluding hydrogens is 665 g/mol. The number of carbonyl (C=O) groups is 3. The SMILES string of the molecule is Nc1c(Cl)cc(C[C@@H](CC(=O)N2CCC(N3Cc4cc(O)ccc4NC3=O)CC2)C(=O)N2CCN(C3CCOCC3)CC2)cc1C(F)(F)F. The van der Waals surface area contributed by atoms with Crippen LogP contribution >= 0.6 is 11.6 Å². The van der Waals surface area contributed by atoms with Gasteiger partial charge in [-0.05, 0) is 73.6 Å². The summed E-state index contributed by atoms with van der Waals surface area (Å²) < 4.78 is 46.9. The molecule has 2 aromatic rings. The number of anilines is 2. The molecule has 3 fully saturated rings. The highest BCUT2D eigenvalue weighted by molar-refractivity contribution is 6.33. The number of likely N-dealkylation sites (tertiary alicyclic amines) is 1. The second-order valence-corrected chi connectivity index (χ2v) is 13.8. The molecule has 0 saturated carbocycles. The van der Waals surface area contributed by atoms with E-state index >= 15 is 0 Å². The number of hydrogen-bond acceptors (Lipinski definition) is 7. The third-order valence-corrected chi connectivity index (χ3v) is 10.6. The van der Waals surface area contributed by atoms with Gasteiger partial charge >= 0.3 is 12.2 Å². The summed E-state index contributed by atoms with van der Waals surface area (Å²) in [5.74, 6) is -1.34. The summed E-state index contributed by atoms with van der Waals surface area (Å²) in [4.78, 5) is 48.1. The number of ether oxygens (including phenoxy) is 1. The Balaban J connectivity index is 1.13. The molecule has 6 rings (SSSR count). The highest BCUT2D eigenvalue weighted by atomic mass is 35.5. The summed E-state index contributed by atoms with van der Waals surface area (Å²) in [6.45, 7) is 4.72. The summed E-state index contributed by atoms with van der Waals surface area (Å²) in [7, 11) is 0. The summed E-state index contributed by atoms with van der Waals surface area (Å²) >= 11 is 6.12. The van der Waals surface area contributed by atoms with Gasteiger partial charge in [0.2, 0.25) is 11.8 Å². The van der Waals surface area contributed by atoms with Crippen LogP contribution in [0.5, 0.6) is 5.75 Å². The number of piperazine rings is 1. The minimum absolute atomic E-state index is 0.107. The quantitative estimate of drug-likeness (QED) is 0.284. The Kier molecular flexibility index (Phi) is 10.5. The van der Waals surface area contributed by atoms with Crippen LogP contribution in [0, 0.1) is 5.92 Å². The maximum absolute atomic E-state index is 14.0. The third kappa shape index (κ3) is 8.02. The number of phenolic OH excluding ortho intramolecular Hbond substituents is 1. The van der Waals surface area contributed by atoms with Gasteiger partial charge in [-0.2, -0.15) is 13.2 Å². The van der Waals surface area contributed by atoms with E-state index in [1.807, 2.05) is 0 Å². The number of piperidine rings is 1. The van der Waals surface area contributed by atoms with Gasteiger partial charge < -0.3 is 35.6 Å². The van der Waals surface area contributed by atoms with Gasteiger partial charge in [-0.1, -0.05) is 11.6 Å². The predicted octanol–water partition coefficient (Wildman–Crippen LogP) is 4.56. The fraction of sp³-hybridized carbons (Fsp3) is 0.559. The molecule has 0 bridgehead atoms. The van der Waals surface area contributed by atoms with E-state index in [9.17, 15) is 32.7 Å². The van der Waals surface area contributed by atoms with Crippen molar-refractivity contribution in [2.45, 2.75) is 63.3 Å². The van der Waals surface area contributed by atoms with Crippen molar-refractivity contribution >= 4 is 40.8 Å². The summed E-state index contributed by atoms with van der Waals surface area (Å²) in [6, 6.07) is 7.06. The van der Waals surface area contributed by atoms with E-state index in [4.69, 9.17) is 22.1 Å². The van der Waals surface area contributed by atoms with Crippen LogP contribution < -0.4 is 11.1 Å². The highest BCUT2D eigenvalue weighted by Crippen LogP contribution is 2.39. The van der Waals surface area contributed by atoms with Crippen LogP contribution in [0.1, 0.15) is 48.8 Å². The average Bonchev–Trinajstić information content (AvgIpc) is 3.09. The number of aromatic hydroxyl groups is 1. The van der Waals surface area contributed by atoms with Crippen LogP contribution in [0.2, 0.25) is 5.02 Å². The number of nitrogens with zero attached hydrogens (tertiary/aromatic N) is 4. The van der Waals surface area contributed by atoms with Crippen LogP contribution in [0.3, 0.4) is 0 Å². The first kappa shape index (κ1) is 35.1. The van der Waals surface area contributed by atoms with Crippen molar-refractivity contribution in [1.29, 1.82) is 0 Å². The Hall–Kier alpha value is -3.75. The zero-order valence-corrected chi connectivity index (χ0v) is 27.9. The Bertz CT molecular complexity index is 1560. The summed E-state index contributed by atoms with van der Waals surface area (Å²) in [6.07, 6.45) is -2.13. The van der Waals surface area contributed by atoms with Crippen molar-refractivity contribution in [2.75, 3.05) is 63.5 Å². The number of amides is 4. The second kappa shape index (κ2) is 14.6. The highest BCUT2D eigenvalue weighted by Gasteiger charge is 2.38. The predicted molar refractivity (Wildman–Crippen MR) is 177 cm³/mol. The molecule has 0 aliphatic carbocycles. The van der Waals surface area contributed by atoms with Crippen molar-refractivity contribution < 1.29 is 37.4 Å². The Morgan fingerprint density at radius 3 is 2.35 bits per heavy atom. The van der Waals surface area contributed by atoms with Gasteiger partial charge in [-0.15, -0.1) is 0 Å². The molecule has 0 aromatic heterocycles. The first-order chi connectivity index (χ1) is 23.4. The number of rotatable bonds is 7. The van der Waals surface area contributed by atoms with Gasteiger partial charge in [-0.3, -0.25) is 14.5 Å². The lowest BCUT2D eigenvalue weighted by Crippen LogP contribution is -2.54. The second-order valence-electron chi connectivity index (χ2n) is 13.4. The minimum atomic E-state index is -4.74. The molecule has 4 aliphatic rings. The molecule has 3 saturated heterocycles. The molecule has 266 valence electrons. The minimum Gasteiger partial charge on any atom is -0.508 e. The normalized spacial score (nSPS) is 20.6. The number of fused-ring (bicyclic) bond motifs is 1. The van der Waals surface area contributed by atoms with Gasteiger partial charge in [0.15, 0.2) is 0 Å². The van der Waals surface area contributed by atoms with E-state index in [1.54, 1.807) is 26.8 Å². The first-order valence-corrected chi connectivity index (χ1v) is 17.2. The molecule has 2 aromatic carbocycles. The van der Waals surface area contributed by atoms with Crippen LogP contribution in [0.25, 0.3) is 0 Å². The molecule has 11 nitrogen and oxygen atoms in total. The van der Waals surface area contributed by atoms with Gasteiger partial charge in [-0.25, -0.2) is 4.79 Å². The Morgan fingerprint density at radius 1 is 0.980 bits per heavy atom. The maximum atomic E-state index is 14.0. The van der Waals surface area contributed by atoms with Crippen LogP contribution in [-0.2, 0) is 33.5 Å². The van der Waals surface area contributed by atoms with E-state index in [0.29, 0.717) is 83.6 Å². The van der Waals surface area contributed by atoms with E-state index in [1.165, 1.54) is 12.1 Å². The van der Waals surface area contributed by atoms with Gasteiger partial charge in [0.05, 0.1) is 22.2 Å². The van der Waals surface area contributed by atoms with Gasteiger partial charge in [0, 0.05) is 83.2 Å². The lowest BCUT2D eigenvalue weighted by Gasteiger charge is -2.42. The maximum Gasteiger partial charge on any atom is 0.418 e. The number of nitrogen functional groups attached to an aromatic ring is 1. The number of alkyl halides is 3. The largest absolute Gasteiger partial charge is 0.508 e. The number of nitrogens with one attached hydrogen (secondary N) is 1. The van der Waals surface area contributed by atoms with Crippen molar-refractivity contribution in [2.24, 2.45) is 5.92 Å². The molecule has 0 spiro atoms. The fourth-order valence-electron chi connectivity index (χ4n) is 7.51. The monoisotopic (exact) mass is 706 g/mol. The number of phenols is 1. The average molecular weight is 707 g/mol. The number of benzene rings is 2. The van der Waals surface area contributed by atoms with Crippen molar-refractivity contribution in [3.05, 3.63) is 52.0 Å². The molecule has 1 atom stereocenters. The number of halogens is 4. The van der Waals surface area contributed by atoms with Crippen LogP contribution in [-0.4, -0.2) is 107 Å². The first-order valence-electron chi connectivity index (χ1n) is 16.8. The Morgan fingerprint density at radius 2 is 1.67 bits per heavy atom. The van der Waals surface area contributed by atoms with E-state index in [2.05, 4.69) is 10.2 Å². The van der Waals surface area contributed by atoms with Crippen molar-refractivity contribution in [3.8, 4) is 5.75 Å². The van der Waals surface area contributed by atoms with E-state index in [0.717, 1.165) is 24.5 Å². The molecule has 0 radical (unpaired) electrons. The fourth-order valence-corrected chi connectivity index (χ4v) is 7.75. The van der Waals surface area contributed by atoms with E-state index in [-0.39, 0.29) is 53.1 Å². The smallest absolute Gasteiger partial charge is 0.418 e. The zero-order chi connectivity index (χ0) is 34.9.